The highest BCUT2D eigenvalue weighted by atomic mass is 16.5. The molecule has 6 heteroatoms. The molecule has 1 atom stereocenters. The van der Waals surface area contributed by atoms with Gasteiger partial charge in [0.2, 0.25) is 0 Å². The Morgan fingerprint density at radius 1 is 1.25 bits per heavy atom. The SMILES string of the molecule is COC(=O)CCCN1CCCC(C2CN(C(=O)O)C2)C1. The molecule has 0 bridgehead atoms. The first-order valence-corrected chi connectivity index (χ1v) is 7.37. The van der Waals surface area contributed by atoms with Gasteiger partial charge in [-0.1, -0.05) is 0 Å². The fourth-order valence-electron chi connectivity index (χ4n) is 3.20. The minimum atomic E-state index is -0.799. The Balaban J connectivity index is 1.67. The van der Waals surface area contributed by atoms with Crippen molar-refractivity contribution in [2.45, 2.75) is 25.7 Å². The third-order valence-electron chi connectivity index (χ3n) is 4.47. The normalized spacial score (nSPS) is 24.2. The van der Waals surface area contributed by atoms with Crippen LogP contribution in [0.1, 0.15) is 25.7 Å². The van der Waals surface area contributed by atoms with Crippen LogP contribution in [0.25, 0.3) is 0 Å². The van der Waals surface area contributed by atoms with Crippen molar-refractivity contribution in [3.63, 3.8) is 0 Å². The summed E-state index contributed by atoms with van der Waals surface area (Å²) in [6, 6.07) is 0. The van der Waals surface area contributed by atoms with E-state index in [-0.39, 0.29) is 5.97 Å². The molecule has 0 aliphatic carbocycles. The molecule has 0 aromatic carbocycles. The van der Waals surface area contributed by atoms with Crippen LogP contribution in [-0.4, -0.2) is 66.8 Å². The van der Waals surface area contributed by atoms with Gasteiger partial charge in [0.05, 0.1) is 7.11 Å². The lowest BCUT2D eigenvalue weighted by Crippen LogP contribution is -2.55. The van der Waals surface area contributed by atoms with Crippen LogP contribution in [0.4, 0.5) is 4.79 Å². The topological polar surface area (TPSA) is 70.1 Å². The fourth-order valence-corrected chi connectivity index (χ4v) is 3.20. The zero-order valence-corrected chi connectivity index (χ0v) is 12.1. The van der Waals surface area contributed by atoms with Crippen molar-refractivity contribution in [2.24, 2.45) is 11.8 Å². The third kappa shape index (κ3) is 3.85. The van der Waals surface area contributed by atoms with Gasteiger partial charge in [-0.05, 0) is 44.2 Å². The zero-order valence-electron chi connectivity index (χ0n) is 12.1. The fraction of sp³-hybridized carbons (Fsp3) is 0.857. The highest BCUT2D eigenvalue weighted by molar-refractivity contribution is 5.69. The molecule has 1 N–H and O–H groups in total. The number of amides is 1. The van der Waals surface area contributed by atoms with Gasteiger partial charge in [0.25, 0.3) is 0 Å². The van der Waals surface area contributed by atoms with E-state index in [4.69, 9.17) is 5.11 Å². The van der Waals surface area contributed by atoms with Crippen molar-refractivity contribution in [1.29, 1.82) is 0 Å². The summed E-state index contributed by atoms with van der Waals surface area (Å²) in [7, 11) is 1.42. The van der Waals surface area contributed by atoms with Crippen LogP contribution in [0.3, 0.4) is 0 Å². The standard InChI is InChI=1S/C14H24N2O4/c1-20-13(17)5-3-7-15-6-2-4-11(8-15)12-9-16(10-12)14(18)19/h11-12H,2-10H2,1H3,(H,18,19). The Bertz CT molecular complexity index is 355. The smallest absolute Gasteiger partial charge is 0.407 e. The van der Waals surface area contributed by atoms with E-state index in [0.717, 1.165) is 26.1 Å². The lowest BCUT2D eigenvalue weighted by molar-refractivity contribution is -0.140. The molecule has 2 rings (SSSR count). The number of nitrogens with zero attached hydrogens (tertiary/aromatic N) is 2. The van der Waals surface area contributed by atoms with E-state index >= 15 is 0 Å². The van der Waals surface area contributed by atoms with Crippen molar-refractivity contribution >= 4 is 12.1 Å². The van der Waals surface area contributed by atoms with Gasteiger partial charge in [-0.2, -0.15) is 0 Å². The van der Waals surface area contributed by atoms with Crippen molar-refractivity contribution in [3.8, 4) is 0 Å². The van der Waals surface area contributed by atoms with Crippen molar-refractivity contribution in [1.82, 2.24) is 9.80 Å². The number of ether oxygens (including phenoxy) is 1. The lowest BCUT2D eigenvalue weighted by atomic mass is 9.81. The van der Waals surface area contributed by atoms with Crippen LogP contribution >= 0.6 is 0 Å². The van der Waals surface area contributed by atoms with Gasteiger partial charge in [-0.15, -0.1) is 0 Å². The van der Waals surface area contributed by atoms with Gasteiger partial charge < -0.3 is 19.6 Å². The molecule has 20 heavy (non-hydrogen) atoms. The van der Waals surface area contributed by atoms with Crippen LogP contribution in [-0.2, 0) is 9.53 Å². The first kappa shape index (κ1) is 15.1. The predicted molar refractivity (Wildman–Crippen MR) is 73.5 cm³/mol. The number of carbonyl (C=O) groups excluding carboxylic acids is 1. The number of hydrogen-bond acceptors (Lipinski definition) is 4. The minimum Gasteiger partial charge on any atom is -0.469 e. The number of rotatable bonds is 5. The van der Waals surface area contributed by atoms with Gasteiger partial charge in [0.1, 0.15) is 0 Å². The molecule has 1 unspecified atom stereocenters. The summed E-state index contributed by atoms with van der Waals surface area (Å²) in [5.74, 6) is 0.988. The molecule has 0 aromatic rings. The quantitative estimate of drug-likeness (QED) is 0.770. The Kier molecular flexibility index (Phi) is 5.23. The summed E-state index contributed by atoms with van der Waals surface area (Å²) in [5, 5.41) is 8.86. The summed E-state index contributed by atoms with van der Waals surface area (Å²) in [6.45, 7) is 4.44. The number of methoxy groups -OCH3 is 1. The molecule has 0 spiro atoms. The average molecular weight is 284 g/mol. The molecule has 114 valence electrons. The van der Waals surface area contributed by atoms with Crippen LogP contribution in [0.2, 0.25) is 0 Å². The molecule has 2 heterocycles. The molecular weight excluding hydrogens is 260 g/mol. The molecule has 6 nitrogen and oxygen atoms in total. The summed E-state index contributed by atoms with van der Waals surface area (Å²) in [6.07, 6.45) is 2.89. The Morgan fingerprint density at radius 2 is 2.00 bits per heavy atom. The van der Waals surface area contributed by atoms with E-state index in [1.54, 1.807) is 0 Å². The Hall–Kier alpha value is -1.30. The molecule has 0 saturated carbocycles. The van der Waals surface area contributed by atoms with Crippen molar-refractivity contribution in [3.05, 3.63) is 0 Å². The second kappa shape index (κ2) is 6.92. The monoisotopic (exact) mass is 284 g/mol. The lowest BCUT2D eigenvalue weighted by Gasteiger charge is -2.45. The molecule has 2 aliphatic heterocycles. The van der Waals surface area contributed by atoms with Crippen LogP contribution in [0.15, 0.2) is 0 Å². The van der Waals surface area contributed by atoms with Crippen LogP contribution in [0.5, 0.6) is 0 Å². The molecule has 2 fully saturated rings. The van der Waals surface area contributed by atoms with E-state index in [1.165, 1.54) is 24.9 Å². The first-order valence-electron chi connectivity index (χ1n) is 7.37. The van der Waals surface area contributed by atoms with Crippen molar-refractivity contribution < 1.29 is 19.4 Å². The van der Waals surface area contributed by atoms with Gasteiger partial charge in [-0.3, -0.25) is 4.79 Å². The molecule has 0 radical (unpaired) electrons. The van der Waals surface area contributed by atoms with Gasteiger partial charge in [-0.25, -0.2) is 4.79 Å². The highest BCUT2D eigenvalue weighted by Gasteiger charge is 2.37. The molecular formula is C14H24N2O4. The number of carboxylic acid groups (broad SMARTS) is 1. The van der Waals surface area contributed by atoms with Gasteiger partial charge in [0.15, 0.2) is 0 Å². The van der Waals surface area contributed by atoms with Crippen LogP contribution < -0.4 is 0 Å². The third-order valence-corrected chi connectivity index (χ3v) is 4.47. The van der Waals surface area contributed by atoms with E-state index < -0.39 is 6.09 Å². The maximum absolute atomic E-state index is 11.1. The van der Waals surface area contributed by atoms with E-state index in [0.29, 0.717) is 31.3 Å². The maximum atomic E-state index is 11.1. The second-order valence-electron chi connectivity index (χ2n) is 5.83. The number of likely N-dealkylation sites (tertiary alicyclic amines) is 2. The average Bonchev–Trinajstić information content (AvgIpc) is 2.37. The van der Waals surface area contributed by atoms with Crippen molar-refractivity contribution in [2.75, 3.05) is 39.8 Å². The number of hydrogen-bond donors (Lipinski definition) is 1. The summed E-state index contributed by atoms with van der Waals surface area (Å²) in [5.41, 5.74) is 0. The van der Waals surface area contributed by atoms with Gasteiger partial charge >= 0.3 is 12.1 Å². The number of piperidine rings is 1. The number of esters is 1. The summed E-state index contributed by atoms with van der Waals surface area (Å²) >= 11 is 0. The van der Waals surface area contributed by atoms with E-state index in [9.17, 15) is 9.59 Å². The molecule has 2 aliphatic rings. The summed E-state index contributed by atoms with van der Waals surface area (Å²) < 4.78 is 4.64. The Morgan fingerprint density at radius 3 is 2.65 bits per heavy atom. The highest BCUT2D eigenvalue weighted by Crippen LogP contribution is 2.30. The Labute approximate surface area is 119 Å². The van der Waals surface area contributed by atoms with Gasteiger partial charge in [0, 0.05) is 26.1 Å². The van der Waals surface area contributed by atoms with E-state index in [1.807, 2.05) is 0 Å². The zero-order chi connectivity index (χ0) is 14.5. The van der Waals surface area contributed by atoms with E-state index in [2.05, 4.69) is 9.64 Å². The predicted octanol–water partition coefficient (Wildman–Crippen LogP) is 1.26. The first-order chi connectivity index (χ1) is 9.60. The maximum Gasteiger partial charge on any atom is 0.407 e. The molecule has 2 saturated heterocycles. The second-order valence-corrected chi connectivity index (χ2v) is 5.83. The molecule has 0 aromatic heterocycles. The molecule has 1 amide bonds. The van der Waals surface area contributed by atoms with Crippen LogP contribution in [0, 0.1) is 11.8 Å². The minimum absolute atomic E-state index is 0.144. The number of carbonyl (C=O) groups is 2. The summed E-state index contributed by atoms with van der Waals surface area (Å²) in [4.78, 5) is 25.7. The largest absolute Gasteiger partial charge is 0.469 e.